The lowest BCUT2D eigenvalue weighted by Crippen LogP contribution is -2.43. The van der Waals surface area contributed by atoms with E-state index in [-0.39, 0.29) is 23.7 Å². The minimum atomic E-state index is -4.03. The molecule has 11 heteroatoms. The van der Waals surface area contributed by atoms with Crippen LogP contribution in [-0.2, 0) is 14.8 Å². The summed E-state index contributed by atoms with van der Waals surface area (Å²) in [7, 11) is -1.30. The molecule has 1 aliphatic heterocycles. The fraction of sp³-hybridized carbons (Fsp3) is 0.350. The van der Waals surface area contributed by atoms with Crippen LogP contribution in [0.15, 0.2) is 35.2 Å². The molecule has 1 heterocycles. The van der Waals surface area contributed by atoms with E-state index in [9.17, 15) is 26.4 Å². The Morgan fingerprint density at radius 3 is 2.52 bits per heavy atom. The molecule has 1 fully saturated rings. The number of halogens is 3. The van der Waals surface area contributed by atoms with Crippen molar-refractivity contribution in [1.29, 1.82) is 0 Å². The highest BCUT2D eigenvalue weighted by Crippen LogP contribution is 2.33. The Bertz CT molecular complexity index is 1090. The van der Waals surface area contributed by atoms with Crippen molar-refractivity contribution in [3.05, 3.63) is 47.8 Å². The molecule has 168 valence electrons. The van der Waals surface area contributed by atoms with Crippen LogP contribution < -0.4 is 14.8 Å². The van der Waals surface area contributed by atoms with Gasteiger partial charge in [0.1, 0.15) is 16.4 Å². The van der Waals surface area contributed by atoms with Crippen LogP contribution in [0.4, 0.5) is 18.9 Å². The van der Waals surface area contributed by atoms with Gasteiger partial charge in [-0.25, -0.2) is 21.6 Å². The first-order valence-corrected chi connectivity index (χ1v) is 10.8. The van der Waals surface area contributed by atoms with Crippen LogP contribution in [0, 0.1) is 23.4 Å². The molecule has 0 aromatic heterocycles. The fourth-order valence-electron chi connectivity index (χ4n) is 3.36. The van der Waals surface area contributed by atoms with Gasteiger partial charge in [-0.2, -0.15) is 4.31 Å². The number of methoxy groups -OCH3 is 2. The maximum Gasteiger partial charge on any atom is 0.246 e. The first-order chi connectivity index (χ1) is 14.7. The fourth-order valence-corrected chi connectivity index (χ4v) is 5.05. The van der Waals surface area contributed by atoms with Crippen LogP contribution in [-0.4, -0.2) is 45.9 Å². The van der Waals surface area contributed by atoms with Gasteiger partial charge >= 0.3 is 0 Å². The van der Waals surface area contributed by atoms with E-state index < -0.39 is 45.0 Å². The van der Waals surface area contributed by atoms with Gasteiger partial charge < -0.3 is 14.8 Å². The molecule has 1 unspecified atom stereocenters. The molecule has 0 bridgehead atoms. The first kappa shape index (κ1) is 22.9. The van der Waals surface area contributed by atoms with Gasteiger partial charge in [0, 0.05) is 19.2 Å². The summed E-state index contributed by atoms with van der Waals surface area (Å²) < 4.78 is 78.2. The molecule has 1 aliphatic rings. The molecular weight excluding hydrogens is 437 g/mol. The minimum absolute atomic E-state index is 0.109. The van der Waals surface area contributed by atoms with Gasteiger partial charge in [0.05, 0.1) is 25.8 Å². The number of carbonyl (C=O) groups is 1. The Balaban J connectivity index is 1.82. The zero-order valence-electron chi connectivity index (χ0n) is 16.8. The Morgan fingerprint density at radius 2 is 1.84 bits per heavy atom. The highest BCUT2D eigenvalue weighted by molar-refractivity contribution is 7.89. The van der Waals surface area contributed by atoms with Gasteiger partial charge in [-0.05, 0) is 37.1 Å². The van der Waals surface area contributed by atoms with Crippen LogP contribution in [0.1, 0.15) is 12.8 Å². The molecule has 31 heavy (non-hydrogen) atoms. The van der Waals surface area contributed by atoms with Crippen molar-refractivity contribution in [3.8, 4) is 11.5 Å². The normalized spacial score (nSPS) is 17.3. The van der Waals surface area contributed by atoms with Crippen molar-refractivity contribution in [2.75, 3.05) is 32.6 Å². The standard InChI is InChI=1S/C20H21F3N2O5S/c1-29-13-5-8-16(30-2)17(10-13)31(27,28)25-9-3-4-12(11-25)20(26)24-15-7-6-14(21)18(22)19(15)23/h5-8,10,12H,3-4,9,11H2,1-2H3,(H,24,26). The van der Waals surface area contributed by atoms with Gasteiger partial charge in [-0.1, -0.05) is 0 Å². The predicted molar refractivity (Wildman–Crippen MR) is 106 cm³/mol. The van der Waals surface area contributed by atoms with Gasteiger partial charge in [-0.15, -0.1) is 0 Å². The second kappa shape index (κ2) is 9.15. The number of amides is 1. The molecule has 1 atom stereocenters. The SMILES string of the molecule is COc1ccc(OC)c(S(=O)(=O)N2CCCC(C(=O)Nc3ccc(F)c(F)c3F)C2)c1. The number of benzene rings is 2. The number of anilines is 1. The number of rotatable bonds is 6. The number of sulfonamides is 1. The highest BCUT2D eigenvalue weighted by Gasteiger charge is 2.35. The Hall–Kier alpha value is -2.79. The molecule has 0 spiro atoms. The first-order valence-electron chi connectivity index (χ1n) is 9.35. The smallest absolute Gasteiger partial charge is 0.246 e. The topological polar surface area (TPSA) is 84.9 Å². The third-order valence-corrected chi connectivity index (χ3v) is 6.92. The van der Waals surface area contributed by atoms with Crippen LogP contribution in [0.3, 0.4) is 0 Å². The summed E-state index contributed by atoms with van der Waals surface area (Å²) in [6, 6.07) is 5.95. The largest absolute Gasteiger partial charge is 0.497 e. The molecule has 0 aliphatic carbocycles. The van der Waals surface area contributed by atoms with Crippen molar-refractivity contribution < 1.29 is 35.9 Å². The number of nitrogens with zero attached hydrogens (tertiary/aromatic N) is 1. The van der Waals surface area contributed by atoms with Crippen molar-refractivity contribution in [1.82, 2.24) is 4.31 Å². The average Bonchev–Trinajstić information content (AvgIpc) is 2.79. The van der Waals surface area contributed by atoms with E-state index >= 15 is 0 Å². The lowest BCUT2D eigenvalue weighted by molar-refractivity contribution is -0.120. The molecule has 0 radical (unpaired) electrons. The maximum absolute atomic E-state index is 13.9. The third-order valence-electron chi connectivity index (χ3n) is 5.04. The summed E-state index contributed by atoms with van der Waals surface area (Å²) in [5.74, 6) is -5.66. The van der Waals surface area contributed by atoms with Gasteiger partial charge in [-0.3, -0.25) is 4.79 Å². The zero-order valence-corrected chi connectivity index (χ0v) is 17.6. The van der Waals surface area contributed by atoms with E-state index in [0.717, 1.165) is 10.4 Å². The number of hydrogen-bond acceptors (Lipinski definition) is 5. The van der Waals surface area contributed by atoms with Crippen molar-refractivity contribution >= 4 is 21.6 Å². The van der Waals surface area contributed by atoms with E-state index in [1.165, 1.54) is 26.4 Å². The molecule has 1 saturated heterocycles. The van der Waals surface area contributed by atoms with Crippen molar-refractivity contribution in [2.45, 2.75) is 17.7 Å². The van der Waals surface area contributed by atoms with E-state index in [1.54, 1.807) is 6.07 Å². The molecule has 2 aromatic rings. The summed E-state index contributed by atoms with van der Waals surface area (Å²) in [4.78, 5) is 12.5. The summed E-state index contributed by atoms with van der Waals surface area (Å²) in [5.41, 5.74) is -0.515. The highest BCUT2D eigenvalue weighted by atomic mass is 32.2. The summed E-state index contributed by atoms with van der Waals surface area (Å²) >= 11 is 0. The van der Waals surface area contributed by atoms with E-state index in [4.69, 9.17) is 9.47 Å². The molecule has 1 N–H and O–H groups in total. The summed E-state index contributed by atoms with van der Waals surface area (Å²) in [6.45, 7) is 0.00580. The van der Waals surface area contributed by atoms with Crippen LogP contribution in [0.25, 0.3) is 0 Å². The number of hydrogen-bond donors (Lipinski definition) is 1. The number of carbonyl (C=O) groups excluding carboxylic acids is 1. The van der Waals surface area contributed by atoms with Gasteiger partial charge in [0.25, 0.3) is 0 Å². The van der Waals surface area contributed by atoms with E-state index in [2.05, 4.69) is 5.32 Å². The third kappa shape index (κ3) is 4.62. The minimum Gasteiger partial charge on any atom is -0.497 e. The number of piperidine rings is 1. The second-order valence-corrected chi connectivity index (χ2v) is 8.84. The number of nitrogens with one attached hydrogen (secondary N) is 1. The number of ether oxygens (including phenoxy) is 2. The molecule has 3 rings (SSSR count). The molecular formula is C20H21F3N2O5S. The maximum atomic E-state index is 13.9. The van der Waals surface area contributed by atoms with E-state index in [1.807, 2.05) is 0 Å². The van der Waals surface area contributed by atoms with Crippen molar-refractivity contribution in [3.63, 3.8) is 0 Å². The summed E-state index contributed by atoms with van der Waals surface area (Å²) in [6.07, 6.45) is 0.724. The molecule has 0 saturated carbocycles. The molecule has 1 amide bonds. The average molecular weight is 458 g/mol. The Morgan fingerprint density at radius 1 is 1.10 bits per heavy atom. The molecule has 7 nitrogen and oxygen atoms in total. The molecule has 2 aromatic carbocycles. The van der Waals surface area contributed by atoms with Gasteiger partial charge in [0.15, 0.2) is 17.5 Å². The van der Waals surface area contributed by atoms with Crippen LogP contribution in [0.2, 0.25) is 0 Å². The lowest BCUT2D eigenvalue weighted by atomic mass is 9.98. The zero-order chi connectivity index (χ0) is 22.8. The summed E-state index contributed by atoms with van der Waals surface area (Å²) in [5, 5.41) is 2.21. The quantitative estimate of drug-likeness (QED) is 0.673. The van der Waals surface area contributed by atoms with Crippen molar-refractivity contribution in [2.24, 2.45) is 5.92 Å². The van der Waals surface area contributed by atoms with Crippen LogP contribution in [0.5, 0.6) is 11.5 Å². The Labute approximate surface area is 177 Å². The van der Waals surface area contributed by atoms with Crippen LogP contribution >= 0.6 is 0 Å². The van der Waals surface area contributed by atoms with Gasteiger partial charge in [0.2, 0.25) is 15.9 Å². The van der Waals surface area contributed by atoms with E-state index in [0.29, 0.717) is 24.7 Å². The monoisotopic (exact) mass is 458 g/mol. The lowest BCUT2D eigenvalue weighted by Gasteiger charge is -2.31. The second-order valence-electron chi connectivity index (χ2n) is 6.93. The predicted octanol–water partition coefficient (Wildman–Crippen LogP) is 3.16. The Kier molecular flexibility index (Phi) is 6.75.